The predicted octanol–water partition coefficient (Wildman–Crippen LogP) is 5.88. The Hall–Kier alpha value is -3.77. The third kappa shape index (κ3) is 4.69. The molecule has 1 heterocycles. The van der Waals surface area contributed by atoms with Gasteiger partial charge in [-0.3, -0.25) is 14.5 Å². The number of amides is 1. The van der Waals surface area contributed by atoms with Gasteiger partial charge < -0.3 is 14.9 Å². The third-order valence-electron chi connectivity index (χ3n) is 6.54. The van der Waals surface area contributed by atoms with Crippen LogP contribution in [0.1, 0.15) is 31.0 Å². The maximum Gasteiger partial charge on any atom is 0.300 e. The number of carbonyl (C=O) groups is 2. The maximum absolute atomic E-state index is 13.4. The van der Waals surface area contributed by atoms with Crippen molar-refractivity contribution in [2.75, 3.05) is 41.9 Å². The van der Waals surface area contributed by atoms with E-state index in [1.165, 1.54) is 4.90 Å². The van der Waals surface area contributed by atoms with E-state index >= 15 is 0 Å². The third-order valence-corrected chi connectivity index (χ3v) is 6.80. The molecule has 186 valence electrons. The highest BCUT2D eigenvalue weighted by Gasteiger charge is 2.47. The van der Waals surface area contributed by atoms with Gasteiger partial charge in [0.05, 0.1) is 11.6 Å². The van der Waals surface area contributed by atoms with Gasteiger partial charge in [0.15, 0.2) is 0 Å². The van der Waals surface area contributed by atoms with Crippen LogP contribution in [0.3, 0.4) is 0 Å². The van der Waals surface area contributed by atoms with Crippen LogP contribution in [0.4, 0.5) is 17.1 Å². The normalized spacial score (nSPS) is 16.9. The molecule has 1 aliphatic heterocycles. The zero-order valence-corrected chi connectivity index (χ0v) is 21.7. The van der Waals surface area contributed by atoms with Gasteiger partial charge in [0.25, 0.3) is 11.7 Å². The zero-order chi connectivity index (χ0) is 26.0. The highest BCUT2D eigenvalue weighted by molar-refractivity contribution is 6.51. The van der Waals surface area contributed by atoms with E-state index in [2.05, 4.69) is 18.7 Å². The summed E-state index contributed by atoms with van der Waals surface area (Å²) in [6.07, 6.45) is 0. The average Bonchev–Trinajstić information content (AvgIpc) is 3.15. The summed E-state index contributed by atoms with van der Waals surface area (Å²) in [6, 6.07) is 21.0. The molecule has 7 heteroatoms. The Morgan fingerprint density at radius 2 is 1.42 bits per heavy atom. The van der Waals surface area contributed by atoms with Crippen LogP contribution in [0.25, 0.3) is 5.76 Å². The molecule has 36 heavy (non-hydrogen) atoms. The summed E-state index contributed by atoms with van der Waals surface area (Å²) >= 11 is 6.02. The van der Waals surface area contributed by atoms with Gasteiger partial charge in [-0.15, -0.1) is 0 Å². The summed E-state index contributed by atoms with van der Waals surface area (Å²) in [5.74, 6) is -1.63. The Balaban J connectivity index is 1.86. The van der Waals surface area contributed by atoms with Crippen LogP contribution >= 0.6 is 11.6 Å². The maximum atomic E-state index is 13.4. The van der Waals surface area contributed by atoms with Crippen molar-refractivity contribution in [2.24, 2.45) is 0 Å². The van der Waals surface area contributed by atoms with Gasteiger partial charge in [-0.2, -0.15) is 0 Å². The number of carbonyl (C=O) groups excluding carboxylic acids is 2. The number of nitrogens with zero attached hydrogens (tertiary/aromatic N) is 3. The van der Waals surface area contributed by atoms with Crippen LogP contribution in [-0.2, 0) is 9.59 Å². The minimum atomic E-state index is -0.781. The summed E-state index contributed by atoms with van der Waals surface area (Å²) in [7, 11) is 3.89. The highest BCUT2D eigenvalue weighted by Crippen LogP contribution is 2.42. The summed E-state index contributed by atoms with van der Waals surface area (Å²) < 4.78 is 0. The van der Waals surface area contributed by atoms with E-state index in [1.54, 1.807) is 24.3 Å². The average molecular weight is 504 g/mol. The van der Waals surface area contributed by atoms with Crippen LogP contribution in [0, 0.1) is 0 Å². The van der Waals surface area contributed by atoms with Crippen LogP contribution in [0.2, 0.25) is 5.02 Å². The van der Waals surface area contributed by atoms with Crippen molar-refractivity contribution in [1.29, 1.82) is 0 Å². The minimum Gasteiger partial charge on any atom is -0.507 e. The number of aliphatic hydroxyl groups is 1. The van der Waals surface area contributed by atoms with Gasteiger partial charge >= 0.3 is 0 Å². The molecule has 0 saturated carbocycles. The van der Waals surface area contributed by atoms with E-state index < -0.39 is 17.7 Å². The Bertz CT molecular complexity index is 1280. The number of aliphatic hydroxyl groups excluding tert-OH is 1. The number of benzene rings is 3. The quantitative estimate of drug-likeness (QED) is 0.248. The van der Waals surface area contributed by atoms with Crippen molar-refractivity contribution in [2.45, 2.75) is 19.9 Å². The van der Waals surface area contributed by atoms with E-state index in [0.29, 0.717) is 16.3 Å². The van der Waals surface area contributed by atoms with Gasteiger partial charge in [0, 0.05) is 54.8 Å². The first-order chi connectivity index (χ1) is 17.3. The molecular formula is C29H30ClN3O3. The summed E-state index contributed by atoms with van der Waals surface area (Å²) in [5.41, 5.74) is 3.80. The first-order valence-corrected chi connectivity index (χ1v) is 12.3. The molecule has 0 spiro atoms. The second-order valence-electron chi connectivity index (χ2n) is 8.85. The molecule has 6 nitrogen and oxygen atoms in total. The molecule has 0 aromatic heterocycles. The zero-order valence-electron chi connectivity index (χ0n) is 20.9. The molecule has 1 N–H and O–H groups in total. The van der Waals surface area contributed by atoms with Crippen molar-refractivity contribution in [3.63, 3.8) is 0 Å². The van der Waals surface area contributed by atoms with E-state index in [1.807, 2.05) is 67.5 Å². The monoisotopic (exact) mass is 503 g/mol. The molecule has 0 bridgehead atoms. The summed E-state index contributed by atoms with van der Waals surface area (Å²) in [4.78, 5) is 32.4. The molecule has 1 atom stereocenters. The van der Waals surface area contributed by atoms with Crippen LogP contribution in [0.5, 0.6) is 0 Å². The molecule has 3 aromatic carbocycles. The van der Waals surface area contributed by atoms with E-state index in [9.17, 15) is 14.7 Å². The molecule has 1 amide bonds. The Kier molecular flexibility index (Phi) is 7.36. The van der Waals surface area contributed by atoms with E-state index in [-0.39, 0.29) is 11.3 Å². The number of Topliss-reactive ketones (excluding diaryl/α,β-unsaturated/α-hetero) is 1. The SMILES string of the molecule is CCN(CC)c1ccc(N2C(=O)C(=O)/C(=C(\O)c3ccc(Cl)cc3)C2c2ccc(N(C)C)cc2)cc1. The van der Waals surface area contributed by atoms with Crippen LogP contribution in [-0.4, -0.2) is 44.0 Å². The van der Waals surface area contributed by atoms with Crippen molar-refractivity contribution in [1.82, 2.24) is 0 Å². The fraction of sp³-hybridized carbons (Fsp3) is 0.241. The second-order valence-corrected chi connectivity index (χ2v) is 9.29. The van der Waals surface area contributed by atoms with Gasteiger partial charge in [0.2, 0.25) is 0 Å². The smallest absolute Gasteiger partial charge is 0.300 e. The lowest BCUT2D eigenvalue weighted by Crippen LogP contribution is -2.29. The Morgan fingerprint density at radius 3 is 1.94 bits per heavy atom. The number of halogens is 1. The van der Waals surface area contributed by atoms with Crippen molar-refractivity contribution in [3.05, 3.63) is 94.5 Å². The van der Waals surface area contributed by atoms with Gasteiger partial charge in [-0.05, 0) is 80.1 Å². The Labute approximate surface area is 217 Å². The number of hydrogen-bond donors (Lipinski definition) is 1. The van der Waals surface area contributed by atoms with Crippen molar-refractivity contribution >= 4 is 46.1 Å². The standard InChI is InChI=1S/C29H30ClN3O3/c1-5-32(6-2)23-15-17-24(18-16-23)33-26(19-9-13-22(14-10-19)31(3)4)25(28(35)29(33)36)27(34)20-7-11-21(30)12-8-20/h7-18,26,34H,5-6H2,1-4H3/b27-25-. The number of hydrogen-bond acceptors (Lipinski definition) is 5. The molecule has 1 unspecified atom stereocenters. The molecule has 0 aliphatic carbocycles. The predicted molar refractivity (Wildman–Crippen MR) is 147 cm³/mol. The lowest BCUT2D eigenvalue weighted by molar-refractivity contribution is -0.132. The van der Waals surface area contributed by atoms with E-state index in [0.717, 1.165) is 30.0 Å². The molecule has 4 rings (SSSR count). The molecule has 1 aliphatic rings. The number of anilines is 3. The molecule has 0 radical (unpaired) electrons. The highest BCUT2D eigenvalue weighted by atomic mass is 35.5. The fourth-order valence-corrected chi connectivity index (χ4v) is 4.67. The fourth-order valence-electron chi connectivity index (χ4n) is 4.55. The minimum absolute atomic E-state index is 0.0488. The van der Waals surface area contributed by atoms with Gasteiger partial charge in [0.1, 0.15) is 5.76 Å². The lowest BCUT2D eigenvalue weighted by atomic mass is 9.95. The summed E-state index contributed by atoms with van der Waals surface area (Å²) in [6.45, 7) is 5.90. The number of rotatable bonds is 7. The van der Waals surface area contributed by atoms with E-state index in [4.69, 9.17) is 11.6 Å². The van der Waals surface area contributed by atoms with Crippen molar-refractivity contribution in [3.8, 4) is 0 Å². The molecule has 1 fully saturated rings. The van der Waals surface area contributed by atoms with Crippen LogP contribution < -0.4 is 14.7 Å². The largest absolute Gasteiger partial charge is 0.507 e. The molecule has 1 saturated heterocycles. The molecule has 3 aromatic rings. The second kappa shape index (κ2) is 10.5. The van der Waals surface area contributed by atoms with Gasteiger partial charge in [-0.1, -0.05) is 23.7 Å². The lowest BCUT2D eigenvalue weighted by Gasteiger charge is -2.27. The first-order valence-electron chi connectivity index (χ1n) is 12.0. The summed E-state index contributed by atoms with van der Waals surface area (Å²) in [5, 5.41) is 11.8. The molecular weight excluding hydrogens is 474 g/mol. The van der Waals surface area contributed by atoms with Gasteiger partial charge in [-0.25, -0.2) is 0 Å². The Morgan fingerprint density at radius 1 is 0.861 bits per heavy atom. The van der Waals surface area contributed by atoms with Crippen LogP contribution in [0.15, 0.2) is 78.4 Å². The van der Waals surface area contributed by atoms with Crippen molar-refractivity contribution < 1.29 is 14.7 Å². The first kappa shape index (κ1) is 25.3. The topological polar surface area (TPSA) is 64.1 Å². The number of ketones is 1.